The Morgan fingerprint density at radius 1 is 1.12 bits per heavy atom. The van der Waals surface area contributed by atoms with E-state index in [0.29, 0.717) is 23.0 Å². The predicted octanol–water partition coefficient (Wildman–Crippen LogP) is 5.74. The van der Waals surface area contributed by atoms with Crippen LogP contribution in [0.5, 0.6) is 0 Å². The Bertz CT molecular complexity index is 725. The molecule has 0 aliphatic heterocycles. The third-order valence-corrected chi connectivity index (χ3v) is 9.65. The van der Waals surface area contributed by atoms with Crippen LogP contribution in [0.15, 0.2) is 34.7 Å². The largest absolute Gasteiger partial charge is 0.472 e. The highest BCUT2D eigenvalue weighted by molar-refractivity contribution is 7.80. The van der Waals surface area contributed by atoms with Crippen LogP contribution in [0, 0.1) is 22.7 Å². The standard InChI is InChI=1S/C23H32O2S/c1-21-9-5-17(26)13-16(21)3-4-20-19(21)6-10-22(2)18(7-11-23(20,22)24)15-8-12-25-14-15/h3,8,12,14,17-20,24,26H,4-7,9-11,13H2,1-2H3/t17?,18?,19-,20-,21+,22-,23-/m1/s1. The van der Waals surface area contributed by atoms with Crippen molar-refractivity contribution < 1.29 is 9.52 Å². The van der Waals surface area contributed by atoms with Crippen LogP contribution in [0.3, 0.4) is 0 Å². The van der Waals surface area contributed by atoms with Gasteiger partial charge in [0.15, 0.2) is 0 Å². The van der Waals surface area contributed by atoms with Crippen molar-refractivity contribution in [2.45, 2.75) is 82.0 Å². The monoisotopic (exact) mass is 372 g/mol. The molecule has 26 heavy (non-hydrogen) atoms. The Morgan fingerprint density at radius 2 is 1.96 bits per heavy atom. The minimum absolute atomic E-state index is 0.0273. The SMILES string of the molecule is C[C@]12CCC(S)CC1=CC[C@@H]1[C@H]2CC[C@]2(C)C(c3ccoc3)CC[C@@]12O. The number of fused-ring (bicyclic) bond motifs is 5. The molecule has 0 aromatic carbocycles. The average Bonchev–Trinajstić information content (AvgIpc) is 3.21. The molecule has 2 nitrogen and oxygen atoms in total. The van der Waals surface area contributed by atoms with Crippen molar-refractivity contribution in [2.75, 3.05) is 0 Å². The molecule has 0 spiro atoms. The van der Waals surface area contributed by atoms with Gasteiger partial charge in [-0.15, -0.1) is 0 Å². The maximum Gasteiger partial charge on any atom is 0.0937 e. The summed E-state index contributed by atoms with van der Waals surface area (Å²) in [4.78, 5) is 0. The van der Waals surface area contributed by atoms with Crippen LogP contribution in [0.4, 0.5) is 0 Å². The number of rotatable bonds is 1. The Hall–Kier alpha value is -0.670. The van der Waals surface area contributed by atoms with Gasteiger partial charge in [0.1, 0.15) is 0 Å². The van der Waals surface area contributed by atoms with Gasteiger partial charge in [0.05, 0.1) is 18.1 Å². The molecule has 142 valence electrons. The van der Waals surface area contributed by atoms with Gasteiger partial charge in [-0.05, 0) is 86.2 Å². The molecule has 1 aromatic heterocycles. The fourth-order valence-corrected chi connectivity index (χ4v) is 7.94. The van der Waals surface area contributed by atoms with Crippen LogP contribution in [-0.2, 0) is 0 Å². The lowest BCUT2D eigenvalue weighted by Crippen LogP contribution is -2.60. The topological polar surface area (TPSA) is 33.4 Å². The molecule has 4 aliphatic rings. The summed E-state index contributed by atoms with van der Waals surface area (Å²) in [5.41, 5.74) is 2.64. The third-order valence-electron chi connectivity index (χ3n) is 9.21. The number of aliphatic hydroxyl groups is 1. The lowest BCUT2D eigenvalue weighted by molar-refractivity contribution is -0.171. The average molecular weight is 373 g/mol. The zero-order valence-electron chi connectivity index (χ0n) is 16.1. The lowest BCUT2D eigenvalue weighted by Gasteiger charge is -2.61. The summed E-state index contributed by atoms with van der Waals surface area (Å²) in [5.74, 6) is 1.46. The highest BCUT2D eigenvalue weighted by Crippen LogP contribution is 2.69. The maximum atomic E-state index is 12.1. The van der Waals surface area contributed by atoms with Crippen LogP contribution in [-0.4, -0.2) is 16.0 Å². The van der Waals surface area contributed by atoms with Crippen molar-refractivity contribution in [1.82, 2.24) is 0 Å². The van der Waals surface area contributed by atoms with E-state index < -0.39 is 5.60 Å². The summed E-state index contributed by atoms with van der Waals surface area (Å²) >= 11 is 4.77. The van der Waals surface area contributed by atoms with E-state index in [-0.39, 0.29) is 10.8 Å². The summed E-state index contributed by atoms with van der Waals surface area (Å²) in [5, 5.41) is 12.6. The summed E-state index contributed by atoms with van der Waals surface area (Å²) in [6, 6.07) is 2.11. The first-order chi connectivity index (χ1) is 12.4. The normalized spacial score (nSPS) is 50.5. The van der Waals surface area contributed by atoms with Gasteiger partial charge in [0.2, 0.25) is 0 Å². The fourth-order valence-electron chi connectivity index (χ4n) is 7.61. The van der Waals surface area contributed by atoms with Crippen molar-refractivity contribution in [3.63, 3.8) is 0 Å². The quantitative estimate of drug-likeness (QED) is 0.487. The molecule has 0 bridgehead atoms. The van der Waals surface area contributed by atoms with Gasteiger partial charge in [-0.2, -0.15) is 12.6 Å². The molecule has 1 heterocycles. The van der Waals surface area contributed by atoms with Gasteiger partial charge in [0.25, 0.3) is 0 Å². The number of hydrogen-bond donors (Lipinski definition) is 2. The Morgan fingerprint density at radius 3 is 2.73 bits per heavy atom. The smallest absolute Gasteiger partial charge is 0.0937 e. The summed E-state index contributed by atoms with van der Waals surface area (Å²) in [6.45, 7) is 4.85. The maximum absolute atomic E-state index is 12.1. The zero-order chi connectivity index (χ0) is 18.2. The second-order valence-electron chi connectivity index (χ2n) is 10.0. The molecule has 3 fully saturated rings. The van der Waals surface area contributed by atoms with Crippen LogP contribution in [0.25, 0.3) is 0 Å². The van der Waals surface area contributed by atoms with E-state index >= 15 is 0 Å². The van der Waals surface area contributed by atoms with Crippen molar-refractivity contribution in [3.8, 4) is 0 Å². The van der Waals surface area contributed by atoms with Crippen molar-refractivity contribution in [1.29, 1.82) is 0 Å². The molecular formula is C23H32O2S. The van der Waals surface area contributed by atoms with Crippen molar-refractivity contribution in [2.24, 2.45) is 22.7 Å². The molecule has 1 aromatic rings. The number of furan rings is 1. The zero-order valence-corrected chi connectivity index (χ0v) is 17.0. The Labute approximate surface area is 162 Å². The molecule has 3 saturated carbocycles. The highest BCUT2D eigenvalue weighted by Gasteiger charge is 2.66. The van der Waals surface area contributed by atoms with Gasteiger partial charge >= 0.3 is 0 Å². The number of thiol groups is 1. The second kappa shape index (κ2) is 5.67. The Balaban J connectivity index is 1.53. The van der Waals surface area contributed by atoms with E-state index in [1.807, 2.05) is 6.26 Å². The fraction of sp³-hybridized carbons (Fsp3) is 0.739. The molecule has 3 heteroatoms. The second-order valence-corrected chi connectivity index (χ2v) is 10.8. The van der Waals surface area contributed by atoms with E-state index in [0.717, 1.165) is 32.1 Å². The first-order valence-corrected chi connectivity index (χ1v) is 11.0. The van der Waals surface area contributed by atoms with Gasteiger partial charge in [-0.25, -0.2) is 0 Å². The van der Waals surface area contributed by atoms with Crippen molar-refractivity contribution >= 4 is 12.6 Å². The minimum Gasteiger partial charge on any atom is -0.472 e. The first kappa shape index (κ1) is 17.4. The molecule has 5 rings (SSSR count). The summed E-state index contributed by atoms with van der Waals surface area (Å²) in [6.07, 6.45) is 15.3. The molecule has 4 aliphatic carbocycles. The molecule has 1 N–H and O–H groups in total. The van der Waals surface area contributed by atoms with Gasteiger partial charge in [0, 0.05) is 10.7 Å². The van der Waals surface area contributed by atoms with Crippen LogP contribution in [0.2, 0.25) is 0 Å². The molecule has 0 amide bonds. The van der Waals surface area contributed by atoms with E-state index in [9.17, 15) is 5.11 Å². The summed E-state index contributed by atoms with van der Waals surface area (Å²) in [7, 11) is 0. The van der Waals surface area contributed by atoms with E-state index in [1.165, 1.54) is 24.8 Å². The number of hydrogen-bond acceptors (Lipinski definition) is 3. The van der Waals surface area contributed by atoms with E-state index in [2.05, 4.69) is 26.0 Å². The molecule has 7 atom stereocenters. The van der Waals surface area contributed by atoms with Crippen LogP contribution >= 0.6 is 12.6 Å². The highest BCUT2D eigenvalue weighted by atomic mass is 32.1. The molecule has 0 radical (unpaired) electrons. The lowest BCUT2D eigenvalue weighted by atomic mass is 9.45. The van der Waals surface area contributed by atoms with Crippen LogP contribution < -0.4 is 0 Å². The van der Waals surface area contributed by atoms with Gasteiger partial charge in [-0.1, -0.05) is 25.5 Å². The first-order valence-electron chi connectivity index (χ1n) is 10.5. The van der Waals surface area contributed by atoms with Crippen molar-refractivity contribution in [3.05, 3.63) is 35.8 Å². The summed E-state index contributed by atoms with van der Waals surface area (Å²) < 4.78 is 5.39. The molecule has 0 saturated heterocycles. The molecular weight excluding hydrogens is 340 g/mol. The van der Waals surface area contributed by atoms with E-state index in [1.54, 1.807) is 11.8 Å². The number of allylic oxidation sites excluding steroid dienone is 2. The third kappa shape index (κ3) is 2.11. The molecule has 2 unspecified atom stereocenters. The Kier molecular flexibility index (Phi) is 3.80. The van der Waals surface area contributed by atoms with Gasteiger partial charge < -0.3 is 9.52 Å². The van der Waals surface area contributed by atoms with Gasteiger partial charge in [-0.3, -0.25) is 0 Å². The van der Waals surface area contributed by atoms with Crippen LogP contribution in [0.1, 0.15) is 76.7 Å². The predicted molar refractivity (Wildman–Crippen MR) is 107 cm³/mol. The minimum atomic E-state index is -0.541. The van der Waals surface area contributed by atoms with E-state index in [4.69, 9.17) is 17.0 Å².